The minimum atomic E-state index is -6.92. The molecule has 0 heterocycles. The molecule has 0 spiro atoms. The highest BCUT2D eigenvalue weighted by Gasteiger charge is 2.70. The maximum atomic E-state index is 13.0. The molecule has 0 fully saturated rings. The first kappa shape index (κ1) is 60.0. The lowest BCUT2D eigenvalue weighted by Crippen LogP contribution is -2.62. The monoisotopic (exact) mass is 1110 g/mol. The van der Waals surface area contributed by atoms with E-state index in [0.29, 0.717) is 24.3 Å². The van der Waals surface area contributed by atoms with Gasteiger partial charge in [-0.2, -0.15) is 0 Å². The SMILES string of the molecule is O=[N+]([O-])c1ccc(C[N+](CCN(CCN(C(P(=O)(O)O)P(=O)(O)O)C(P(=O)(O)O)P(=O)(O)O)C(P(=O)(O)O)P(=O)(O)O)(C(P(=O)(O)O)P(=O)(O)O)C(P(=O)(O)O)P(=O)(O)O)cc1. The van der Waals surface area contributed by atoms with Crippen LogP contribution in [0.1, 0.15) is 5.56 Å². The van der Waals surface area contributed by atoms with Crippen molar-refractivity contribution in [3.63, 3.8) is 0 Å². The molecular weight excluding hydrogens is 1070 g/mol. The van der Waals surface area contributed by atoms with Crippen molar-refractivity contribution in [2.24, 2.45) is 0 Å². The summed E-state index contributed by atoms with van der Waals surface area (Å²) in [6.45, 7) is -10.9. The zero-order valence-corrected chi connectivity index (χ0v) is 38.8. The zero-order valence-electron chi connectivity index (χ0n) is 29.8. The highest BCUT2D eigenvalue weighted by molar-refractivity contribution is 7.73. The van der Waals surface area contributed by atoms with Gasteiger partial charge in [-0.15, -0.1) is 0 Å². The van der Waals surface area contributed by atoms with E-state index in [1.165, 1.54) is 0 Å². The van der Waals surface area contributed by atoms with Gasteiger partial charge < -0.3 is 97.9 Å². The van der Waals surface area contributed by atoms with E-state index in [1.807, 2.05) is 0 Å². The van der Waals surface area contributed by atoms with E-state index in [4.69, 9.17) is 0 Å². The summed E-state index contributed by atoms with van der Waals surface area (Å²) in [5.74, 6) is 0. The number of nitrogens with zero attached hydrogens (tertiary/aromatic N) is 4. The molecule has 0 bridgehead atoms. The summed E-state index contributed by atoms with van der Waals surface area (Å²) in [4.78, 5) is 209. The Kier molecular flexibility index (Phi) is 19.3. The normalized spacial score (nSPS) is 15.3. The summed E-state index contributed by atoms with van der Waals surface area (Å²) in [6.07, 6.45) is 0. The van der Waals surface area contributed by atoms with Gasteiger partial charge in [-0.05, 0) is 12.1 Å². The number of hydrogen-bond acceptors (Lipinski definition) is 14. The number of quaternary nitrogens is 1. The molecule has 1 rings (SSSR count). The van der Waals surface area contributed by atoms with E-state index in [2.05, 4.69) is 0 Å². The Bertz CT molecular complexity index is 2080. The fourth-order valence-electron chi connectivity index (χ4n) is 6.28. The lowest BCUT2D eigenvalue weighted by atomic mass is 10.2. The fourth-order valence-corrected chi connectivity index (χ4v) is 22.5. The summed E-state index contributed by atoms with van der Waals surface area (Å²) in [7, 11) is -68.0. The molecular formula is C16H39N4O32P10+. The highest BCUT2D eigenvalue weighted by atomic mass is 31.3. The molecule has 0 saturated heterocycles. The molecule has 62 heavy (non-hydrogen) atoms. The van der Waals surface area contributed by atoms with Crippen molar-refractivity contribution in [2.45, 2.75) is 34.2 Å². The standard InChI is InChI=1S/C16H38N4O32P10/c21-19(22)11-3-1-10(2-4-11)9-20(15(59(41,42)43)60(44,45)46,16(61(47,48)49)62(50,51)52)8-7-17(12(53(23,24)25)54(26,27)28)5-6-18(13(55(29,30)31)56(32,33)34)14(57(35,36)37)58(38,39)40/h1-4,12-16H,5-9H2,(H19-,23,24,25,26,27,28,29,30,31,32,33,34,35,36,37,38,39,40,41,42,43,44,45,46,47,48,49,50,51,52)/p+1. The summed E-state index contributed by atoms with van der Waals surface area (Å²) in [5, 5.41) is 11.2. The summed E-state index contributed by atoms with van der Waals surface area (Å²) in [5.41, 5.74) is -22.2. The van der Waals surface area contributed by atoms with Crippen molar-refractivity contribution in [3.8, 4) is 0 Å². The maximum absolute atomic E-state index is 13.0. The van der Waals surface area contributed by atoms with Crippen LogP contribution >= 0.6 is 76.0 Å². The van der Waals surface area contributed by atoms with E-state index in [0.717, 1.165) is 0 Å². The summed E-state index contributed by atoms with van der Waals surface area (Å²) >= 11 is 0. The van der Waals surface area contributed by atoms with Gasteiger partial charge in [-0.25, -0.2) is 0 Å². The molecule has 46 heteroatoms. The van der Waals surface area contributed by atoms with Crippen molar-refractivity contribution >= 4 is 81.6 Å². The van der Waals surface area contributed by atoms with E-state index < -0.39 is 167 Å². The summed E-state index contributed by atoms with van der Waals surface area (Å²) < 4.78 is 123. The van der Waals surface area contributed by atoms with Crippen LogP contribution in [0.15, 0.2) is 24.3 Å². The van der Waals surface area contributed by atoms with Crippen LogP contribution in [0.3, 0.4) is 0 Å². The lowest BCUT2D eigenvalue weighted by molar-refractivity contribution is -0.942. The first-order valence-corrected chi connectivity index (χ1v) is 31.9. The van der Waals surface area contributed by atoms with Crippen molar-refractivity contribution in [1.82, 2.24) is 9.80 Å². The van der Waals surface area contributed by atoms with Gasteiger partial charge in [0, 0.05) is 37.3 Å². The van der Waals surface area contributed by atoms with Gasteiger partial charge in [0.15, 0.2) is 0 Å². The number of nitro benzene ring substituents is 1. The van der Waals surface area contributed by atoms with Gasteiger partial charge >= 0.3 is 76.0 Å². The first-order valence-electron chi connectivity index (χ1n) is 15.0. The third kappa shape index (κ3) is 16.1. The third-order valence-electron chi connectivity index (χ3n) is 7.92. The molecule has 0 saturated carbocycles. The minimum Gasteiger partial charge on any atom is -0.323 e. The van der Waals surface area contributed by atoms with Crippen LogP contribution in [-0.4, -0.2) is 171 Å². The fraction of sp³-hybridized carbons (Fsp3) is 0.625. The average Bonchev–Trinajstić information content (AvgIpc) is 2.91. The Morgan fingerprint density at radius 3 is 0.984 bits per heavy atom. The van der Waals surface area contributed by atoms with Crippen molar-refractivity contribution in [3.05, 3.63) is 39.9 Å². The minimum absolute atomic E-state index is 0.493. The van der Waals surface area contributed by atoms with Gasteiger partial charge in [0.2, 0.25) is 16.6 Å². The zero-order chi connectivity index (χ0) is 49.6. The molecule has 0 atom stereocenters. The largest absolute Gasteiger partial charge is 0.395 e. The molecule has 364 valence electrons. The Balaban J connectivity index is 4.71. The molecule has 0 aliphatic rings. The van der Waals surface area contributed by atoms with Gasteiger partial charge in [0.25, 0.3) is 16.7 Å². The smallest absolute Gasteiger partial charge is 0.323 e. The average molecular weight is 1110 g/mol. The van der Waals surface area contributed by atoms with E-state index in [9.17, 15) is 154 Å². The van der Waals surface area contributed by atoms with Crippen LogP contribution in [0.25, 0.3) is 0 Å². The molecule has 36 nitrogen and oxygen atoms in total. The van der Waals surface area contributed by atoms with Gasteiger partial charge in [-0.3, -0.25) is 70.0 Å². The van der Waals surface area contributed by atoms with Crippen LogP contribution in [0.4, 0.5) is 5.69 Å². The maximum Gasteiger partial charge on any atom is 0.395 e. The van der Waals surface area contributed by atoms with E-state index in [-0.39, 0.29) is 0 Å². The number of hydrogen-bond donors (Lipinski definition) is 20. The van der Waals surface area contributed by atoms with Gasteiger partial charge in [-0.1, -0.05) is 0 Å². The van der Waals surface area contributed by atoms with E-state index in [1.54, 1.807) is 0 Å². The number of non-ortho nitro benzene ring substituents is 1. The van der Waals surface area contributed by atoms with E-state index >= 15 is 0 Å². The van der Waals surface area contributed by atoms with Crippen LogP contribution in [0.5, 0.6) is 0 Å². The number of benzene rings is 1. The predicted octanol–water partition coefficient (Wildman–Crippen LogP) is -3.29. The lowest BCUT2D eigenvalue weighted by Gasteiger charge is -2.49. The molecule has 0 radical (unpaired) electrons. The molecule has 1 aromatic rings. The Morgan fingerprint density at radius 2 is 0.742 bits per heavy atom. The number of rotatable bonds is 24. The topological polar surface area (TPSA) is 625 Å². The van der Waals surface area contributed by atoms with Crippen molar-refractivity contribution in [1.29, 1.82) is 0 Å². The second-order valence-electron chi connectivity index (χ2n) is 12.8. The Hall–Kier alpha value is -0.000000000000000611. The van der Waals surface area contributed by atoms with Gasteiger partial charge in [0.1, 0.15) is 6.54 Å². The molecule has 0 unspecified atom stereocenters. The molecule has 0 aliphatic heterocycles. The quantitative estimate of drug-likeness (QED) is 0.0209. The van der Waals surface area contributed by atoms with Crippen LogP contribution in [0, 0.1) is 10.1 Å². The third-order valence-corrected chi connectivity index (χ3v) is 26.6. The molecule has 0 amide bonds. The van der Waals surface area contributed by atoms with Crippen molar-refractivity contribution < 1.29 is 153 Å². The molecule has 20 N–H and O–H groups in total. The van der Waals surface area contributed by atoms with Gasteiger partial charge in [0.05, 0.1) is 11.5 Å². The van der Waals surface area contributed by atoms with Crippen LogP contribution in [0.2, 0.25) is 0 Å². The second kappa shape index (κ2) is 19.9. The predicted molar refractivity (Wildman–Crippen MR) is 200 cm³/mol. The van der Waals surface area contributed by atoms with Crippen LogP contribution in [-0.2, 0) is 52.2 Å². The Labute approximate surface area is 344 Å². The molecule has 0 aromatic heterocycles. The van der Waals surface area contributed by atoms with Crippen LogP contribution < -0.4 is 0 Å². The molecule has 1 aromatic carbocycles. The summed E-state index contributed by atoms with van der Waals surface area (Å²) in [6, 6.07) is 1.98. The second-order valence-corrected chi connectivity index (χ2v) is 31.5. The van der Waals surface area contributed by atoms with Crippen molar-refractivity contribution in [2.75, 3.05) is 26.2 Å². The number of nitro groups is 1. The highest BCUT2D eigenvalue weighted by Crippen LogP contribution is 2.73. The first-order chi connectivity index (χ1) is 26.9. The Morgan fingerprint density at radius 1 is 0.452 bits per heavy atom. The molecule has 0 aliphatic carbocycles.